The fourth-order valence-corrected chi connectivity index (χ4v) is 18.1. The van der Waals surface area contributed by atoms with Crippen molar-refractivity contribution in [3.63, 3.8) is 0 Å². The van der Waals surface area contributed by atoms with Crippen molar-refractivity contribution in [1.82, 2.24) is 4.72 Å². The van der Waals surface area contributed by atoms with Gasteiger partial charge in [-0.15, -0.1) is 0 Å². The maximum absolute atomic E-state index is 13.8. The molecule has 2 aromatic carbocycles. The van der Waals surface area contributed by atoms with Crippen LogP contribution in [0.2, 0.25) is 0 Å². The lowest BCUT2D eigenvalue weighted by Crippen LogP contribution is -2.58. The molecule has 41 heavy (non-hydrogen) atoms. The van der Waals surface area contributed by atoms with Gasteiger partial charge in [0.1, 0.15) is 0 Å². The van der Waals surface area contributed by atoms with E-state index in [0.29, 0.717) is 10.3 Å². The van der Waals surface area contributed by atoms with E-state index < -0.39 is 11.0 Å². The molecule has 2 nitrogen and oxygen atoms in total. The highest BCUT2D eigenvalue weighted by Gasteiger charge is 2.63. The molecule has 220 valence electrons. The number of hydrogen-bond donors (Lipinski definition) is 1. The zero-order chi connectivity index (χ0) is 28.0. The van der Waals surface area contributed by atoms with E-state index in [1.54, 1.807) is 5.30 Å². The molecule has 10 rings (SSSR count). The fraction of sp³-hybridized carbons (Fsp3) is 0.676. The maximum Gasteiger partial charge on any atom is 0.0979 e. The SMILES string of the molecule is CC(C)(C)[S@@](=O)N[C@H](c1ccccc1)c1ccccc1P(C12CC3CC(CC(C3)C1)C2)C12CC3CC(CC(C3)C1)C2. The Morgan fingerprint density at radius 3 is 1.54 bits per heavy atom. The van der Waals surface area contributed by atoms with E-state index in [9.17, 15) is 4.21 Å². The van der Waals surface area contributed by atoms with Gasteiger partial charge in [0.15, 0.2) is 0 Å². The summed E-state index contributed by atoms with van der Waals surface area (Å²) in [5, 5.41) is 2.74. The number of rotatable bonds is 7. The summed E-state index contributed by atoms with van der Waals surface area (Å²) >= 11 is 0. The Kier molecular flexibility index (Phi) is 6.71. The molecule has 8 bridgehead atoms. The summed E-state index contributed by atoms with van der Waals surface area (Å²) in [5.74, 6) is 5.85. The van der Waals surface area contributed by atoms with Gasteiger partial charge in [0.2, 0.25) is 0 Å². The Morgan fingerprint density at radius 1 is 0.683 bits per heavy atom. The number of hydrogen-bond acceptors (Lipinski definition) is 1. The second-order valence-corrected chi connectivity index (χ2v) is 21.6. The van der Waals surface area contributed by atoms with Crippen molar-refractivity contribution >= 4 is 24.2 Å². The van der Waals surface area contributed by atoms with E-state index in [0.717, 1.165) is 35.5 Å². The Labute approximate surface area is 252 Å². The normalized spacial score (nSPS) is 41.0. The second-order valence-electron chi connectivity index (χ2n) is 16.5. The van der Waals surface area contributed by atoms with Crippen LogP contribution >= 0.6 is 7.92 Å². The predicted octanol–water partition coefficient (Wildman–Crippen LogP) is 8.87. The highest BCUT2D eigenvalue weighted by molar-refractivity contribution is 7.84. The lowest BCUT2D eigenvalue weighted by molar-refractivity contribution is 0.0195. The van der Waals surface area contributed by atoms with Crippen molar-refractivity contribution in [2.75, 3.05) is 0 Å². The summed E-state index contributed by atoms with van der Waals surface area (Å²) in [7, 11) is -1.49. The smallest absolute Gasteiger partial charge is 0.0979 e. The fourth-order valence-electron chi connectivity index (χ4n) is 11.9. The van der Waals surface area contributed by atoms with Crippen molar-refractivity contribution in [2.24, 2.45) is 35.5 Å². The van der Waals surface area contributed by atoms with Gasteiger partial charge < -0.3 is 0 Å². The molecule has 8 fully saturated rings. The van der Waals surface area contributed by atoms with Crippen LogP contribution in [0.5, 0.6) is 0 Å². The summed E-state index contributed by atoms with van der Waals surface area (Å²) in [6.07, 6.45) is 18.1. The van der Waals surface area contributed by atoms with Crippen LogP contribution in [0, 0.1) is 35.5 Å². The van der Waals surface area contributed by atoms with Crippen LogP contribution < -0.4 is 10.0 Å². The van der Waals surface area contributed by atoms with Crippen LogP contribution in [0.4, 0.5) is 0 Å². The molecule has 0 unspecified atom stereocenters. The maximum atomic E-state index is 13.8. The minimum Gasteiger partial charge on any atom is -0.242 e. The monoisotopic (exact) mass is 587 g/mol. The summed E-state index contributed by atoms with van der Waals surface area (Å²) < 4.78 is 17.2. The third-order valence-electron chi connectivity index (χ3n) is 12.4. The van der Waals surface area contributed by atoms with Crippen molar-refractivity contribution < 1.29 is 4.21 Å². The van der Waals surface area contributed by atoms with E-state index >= 15 is 0 Å². The van der Waals surface area contributed by atoms with Gasteiger partial charge in [0.05, 0.1) is 21.8 Å². The zero-order valence-electron chi connectivity index (χ0n) is 25.5. The quantitative estimate of drug-likeness (QED) is 0.322. The first-order valence-electron chi connectivity index (χ1n) is 16.8. The van der Waals surface area contributed by atoms with Gasteiger partial charge in [0.25, 0.3) is 0 Å². The Morgan fingerprint density at radius 2 is 1.10 bits per heavy atom. The number of nitrogens with one attached hydrogen (secondary N) is 1. The molecule has 8 aliphatic rings. The molecule has 0 amide bonds. The average Bonchev–Trinajstić information content (AvgIpc) is 2.90. The predicted molar refractivity (Wildman–Crippen MR) is 174 cm³/mol. The Bertz CT molecular complexity index is 1200. The lowest BCUT2D eigenvalue weighted by atomic mass is 9.55. The Hall–Kier alpha value is -1.02. The first-order valence-corrected chi connectivity index (χ1v) is 19.3. The van der Waals surface area contributed by atoms with Gasteiger partial charge in [-0.05, 0) is 160 Å². The first kappa shape index (κ1) is 27.5. The topological polar surface area (TPSA) is 29.1 Å². The van der Waals surface area contributed by atoms with E-state index in [4.69, 9.17) is 0 Å². The van der Waals surface area contributed by atoms with Crippen LogP contribution in [-0.4, -0.2) is 19.3 Å². The van der Waals surface area contributed by atoms with Gasteiger partial charge in [-0.3, -0.25) is 0 Å². The van der Waals surface area contributed by atoms with Crippen LogP contribution in [-0.2, 0) is 11.0 Å². The third kappa shape index (κ3) is 4.75. The largest absolute Gasteiger partial charge is 0.242 e. The van der Waals surface area contributed by atoms with Gasteiger partial charge in [0, 0.05) is 0 Å². The molecule has 1 N–H and O–H groups in total. The van der Waals surface area contributed by atoms with E-state index in [1.165, 1.54) is 88.2 Å². The highest BCUT2D eigenvalue weighted by Crippen LogP contribution is 2.78. The minimum atomic E-state index is -1.15. The van der Waals surface area contributed by atoms with Crippen LogP contribution in [0.1, 0.15) is 115 Å². The minimum absolute atomic E-state index is 0.0414. The van der Waals surface area contributed by atoms with Gasteiger partial charge in [-0.1, -0.05) is 62.5 Å². The zero-order valence-corrected chi connectivity index (χ0v) is 27.2. The number of benzene rings is 2. The summed E-state index contributed by atoms with van der Waals surface area (Å²) in [6.45, 7) is 6.30. The molecule has 0 aliphatic heterocycles. The Balaban J connectivity index is 1.30. The molecule has 0 spiro atoms. The molecule has 2 aromatic rings. The van der Waals surface area contributed by atoms with Gasteiger partial charge in [-0.25, -0.2) is 8.93 Å². The van der Waals surface area contributed by atoms with Crippen LogP contribution in [0.15, 0.2) is 54.6 Å². The third-order valence-corrected chi connectivity index (χ3v) is 17.8. The molecule has 8 saturated carbocycles. The first-order chi connectivity index (χ1) is 19.7. The van der Waals surface area contributed by atoms with Crippen LogP contribution in [0.25, 0.3) is 0 Å². The molecule has 0 aromatic heterocycles. The highest BCUT2D eigenvalue weighted by atomic mass is 32.2. The van der Waals surface area contributed by atoms with Crippen molar-refractivity contribution in [2.45, 2.75) is 119 Å². The summed E-state index contributed by atoms with van der Waals surface area (Å²) in [4.78, 5) is 0. The van der Waals surface area contributed by atoms with E-state index in [-0.39, 0.29) is 18.7 Å². The molecule has 8 aliphatic carbocycles. The molecule has 0 heterocycles. The summed E-state index contributed by atoms with van der Waals surface area (Å²) in [6, 6.07) is 20.5. The van der Waals surface area contributed by atoms with Crippen LogP contribution in [0.3, 0.4) is 0 Å². The molecule has 4 heteroatoms. The molecular formula is C37H50NOPS. The molecule has 2 atom stereocenters. The molecule has 0 saturated heterocycles. The van der Waals surface area contributed by atoms with Gasteiger partial charge in [-0.2, -0.15) is 0 Å². The second kappa shape index (κ2) is 10.0. The average molecular weight is 588 g/mol. The standard InChI is InChI=1S/C37H50NOPS/c1-35(2,3)41(39)38-34(31-9-5-4-6-10-31)32-11-7-8-12-33(32)40(36-19-25-13-26(20-36)15-27(14-25)21-36)37-22-28-16-29(23-37)18-30(17-28)24-37/h4-12,25-30,34,38H,13-24H2,1-3H3/t25?,26?,27?,28?,29?,30?,34-,36?,37?,40?,41-/m1/s1. The molecule has 0 radical (unpaired) electrons. The lowest BCUT2D eigenvalue weighted by Gasteiger charge is -2.67. The van der Waals surface area contributed by atoms with Crippen molar-refractivity contribution in [3.8, 4) is 0 Å². The van der Waals surface area contributed by atoms with E-state index in [2.05, 4.69) is 80.1 Å². The summed E-state index contributed by atoms with van der Waals surface area (Å²) in [5.41, 5.74) is 2.69. The van der Waals surface area contributed by atoms with Crippen molar-refractivity contribution in [1.29, 1.82) is 0 Å². The molecular weight excluding hydrogens is 537 g/mol. The van der Waals surface area contributed by atoms with Crippen molar-refractivity contribution in [3.05, 3.63) is 65.7 Å². The van der Waals surface area contributed by atoms with Gasteiger partial charge >= 0.3 is 0 Å². The van der Waals surface area contributed by atoms with E-state index in [1.807, 2.05) is 0 Å².